The van der Waals surface area contributed by atoms with Gasteiger partial charge in [0, 0.05) is 43.4 Å². The van der Waals surface area contributed by atoms with Gasteiger partial charge in [-0.05, 0) is 18.8 Å². The first kappa shape index (κ1) is 9.66. The van der Waals surface area contributed by atoms with Crippen molar-refractivity contribution in [3.05, 3.63) is 40.4 Å². The molecule has 1 saturated heterocycles. The van der Waals surface area contributed by atoms with Gasteiger partial charge >= 0.3 is 0 Å². The number of nitrogens with zero attached hydrogens (tertiary/aromatic N) is 1. The maximum atomic E-state index is 11.2. The Morgan fingerprint density at radius 2 is 2.50 bits per heavy atom. The van der Waals surface area contributed by atoms with Gasteiger partial charge in [-0.15, -0.1) is 0 Å². The first-order valence-electron chi connectivity index (χ1n) is 5.59. The molecule has 4 heteroatoms. The van der Waals surface area contributed by atoms with Crippen molar-refractivity contribution in [3.63, 3.8) is 0 Å². The van der Waals surface area contributed by atoms with E-state index in [-0.39, 0.29) is 5.43 Å². The minimum Gasteiger partial charge on any atom is -0.381 e. The molecule has 1 N–H and O–H groups in total. The van der Waals surface area contributed by atoms with Gasteiger partial charge in [-0.1, -0.05) is 0 Å². The van der Waals surface area contributed by atoms with Gasteiger partial charge in [-0.25, -0.2) is 0 Å². The fourth-order valence-corrected chi connectivity index (χ4v) is 2.23. The van der Waals surface area contributed by atoms with Crippen LogP contribution >= 0.6 is 0 Å². The molecule has 1 aliphatic rings. The lowest BCUT2D eigenvalue weighted by atomic mass is 10.0. The highest BCUT2D eigenvalue weighted by atomic mass is 16.5. The molecule has 2 aromatic rings. The van der Waals surface area contributed by atoms with E-state index in [1.807, 2.05) is 10.6 Å². The molecular formula is C12H14N2O2. The van der Waals surface area contributed by atoms with E-state index in [1.54, 1.807) is 18.3 Å². The molecule has 1 unspecified atom stereocenters. The molecule has 0 radical (unpaired) electrons. The summed E-state index contributed by atoms with van der Waals surface area (Å²) in [5, 5.41) is 0. The molecule has 4 nitrogen and oxygen atoms in total. The van der Waals surface area contributed by atoms with Crippen molar-refractivity contribution in [2.75, 3.05) is 13.2 Å². The molecule has 1 atom stereocenters. The minimum atomic E-state index is 0.0394. The van der Waals surface area contributed by atoms with Gasteiger partial charge in [0.2, 0.25) is 0 Å². The van der Waals surface area contributed by atoms with Gasteiger partial charge in [0.15, 0.2) is 5.43 Å². The monoisotopic (exact) mass is 218 g/mol. The molecule has 16 heavy (non-hydrogen) atoms. The van der Waals surface area contributed by atoms with Crippen LogP contribution in [-0.4, -0.2) is 22.6 Å². The second kappa shape index (κ2) is 3.79. The Balaban J connectivity index is 1.89. The number of ether oxygens (including phenoxy) is 1. The molecule has 3 rings (SSSR count). The molecule has 1 fully saturated rings. The molecule has 1 aliphatic heterocycles. The van der Waals surface area contributed by atoms with Gasteiger partial charge in [-0.2, -0.15) is 0 Å². The number of rotatable bonds is 2. The Morgan fingerprint density at radius 1 is 1.56 bits per heavy atom. The lowest BCUT2D eigenvalue weighted by molar-refractivity contribution is 0.185. The van der Waals surface area contributed by atoms with Crippen molar-refractivity contribution < 1.29 is 4.74 Å². The topological polar surface area (TPSA) is 46.5 Å². The number of fused-ring (bicyclic) bond motifs is 1. The fraction of sp³-hybridized carbons (Fsp3) is 0.417. The van der Waals surface area contributed by atoms with Crippen molar-refractivity contribution in [1.82, 2.24) is 9.38 Å². The Kier molecular flexibility index (Phi) is 2.29. The highest BCUT2D eigenvalue weighted by molar-refractivity contribution is 5.39. The molecule has 0 saturated carbocycles. The number of hydrogen-bond acceptors (Lipinski definition) is 2. The van der Waals surface area contributed by atoms with E-state index in [2.05, 4.69) is 4.98 Å². The summed E-state index contributed by atoms with van der Waals surface area (Å²) in [4.78, 5) is 14.5. The number of pyridine rings is 1. The molecular weight excluding hydrogens is 204 g/mol. The van der Waals surface area contributed by atoms with Crippen LogP contribution < -0.4 is 5.43 Å². The predicted molar refractivity (Wildman–Crippen MR) is 60.6 cm³/mol. The van der Waals surface area contributed by atoms with Gasteiger partial charge in [0.05, 0.1) is 0 Å². The third-order valence-corrected chi connectivity index (χ3v) is 3.07. The predicted octanol–water partition coefficient (Wildman–Crippen LogP) is 1.21. The average Bonchev–Trinajstić information content (AvgIpc) is 2.86. The van der Waals surface area contributed by atoms with Crippen molar-refractivity contribution in [1.29, 1.82) is 0 Å². The summed E-state index contributed by atoms with van der Waals surface area (Å²) in [6, 6.07) is 3.19. The number of hydrogen-bond donors (Lipinski definition) is 1. The van der Waals surface area contributed by atoms with Crippen molar-refractivity contribution in [2.45, 2.75) is 12.8 Å². The van der Waals surface area contributed by atoms with E-state index in [0.29, 0.717) is 5.92 Å². The Bertz CT molecular complexity index is 549. The SMILES string of the molecule is O=c1ccn2cc(CC3CCOC3)[nH]c2c1. The van der Waals surface area contributed by atoms with Crippen molar-refractivity contribution >= 4 is 5.65 Å². The van der Waals surface area contributed by atoms with Crippen LogP contribution in [0.1, 0.15) is 12.1 Å². The first-order chi connectivity index (χ1) is 7.81. The van der Waals surface area contributed by atoms with Crippen LogP contribution in [0.5, 0.6) is 0 Å². The number of imidazole rings is 1. The van der Waals surface area contributed by atoms with E-state index in [9.17, 15) is 4.79 Å². The molecule has 3 heterocycles. The van der Waals surface area contributed by atoms with Crippen LogP contribution in [0.25, 0.3) is 5.65 Å². The van der Waals surface area contributed by atoms with Crippen LogP contribution in [0, 0.1) is 5.92 Å². The fourth-order valence-electron chi connectivity index (χ4n) is 2.23. The molecule has 0 spiro atoms. The van der Waals surface area contributed by atoms with Crippen molar-refractivity contribution in [3.8, 4) is 0 Å². The second-order valence-corrected chi connectivity index (χ2v) is 4.37. The van der Waals surface area contributed by atoms with Gasteiger partial charge < -0.3 is 14.1 Å². The van der Waals surface area contributed by atoms with E-state index in [4.69, 9.17) is 4.74 Å². The molecule has 2 aromatic heterocycles. The zero-order valence-electron chi connectivity index (χ0n) is 8.98. The number of H-pyrrole nitrogens is 1. The summed E-state index contributed by atoms with van der Waals surface area (Å²) >= 11 is 0. The molecule has 0 amide bonds. The Morgan fingerprint density at radius 3 is 3.31 bits per heavy atom. The largest absolute Gasteiger partial charge is 0.381 e. The maximum Gasteiger partial charge on any atom is 0.183 e. The number of aromatic nitrogens is 2. The quantitative estimate of drug-likeness (QED) is 0.823. The van der Waals surface area contributed by atoms with E-state index >= 15 is 0 Å². The van der Waals surface area contributed by atoms with Crippen LogP contribution in [0.4, 0.5) is 0 Å². The van der Waals surface area contributed by atoms with Crippen LogP contribution in [0.2, 0.25) is 0 Å². The van der Waals surface area contributed by atoms with E-state index < -0.39 is 0 Å². The van der Waals surface area contributed by atoms with Crippen LogP contribution in [-0.2, 0) is 11.2 Å². The third-order valence-electron chi connectivity index (χ3n) is 3.07. The van der Waals surface area contributed by atoms with Gasteiger partial charge in [0.25, 0.3) is 0 Å². The normalized spacial score (nSPS) is 20.6. The minimum absolute atomic E-state index is 0.0394. The summed E-state index contributed by atoms with van der Waals surface area (Å²) in [5.41, 5.74) is 2.07. The molecule has 84 valence electrons. The maximum absolute atomic E-state index is 11.2. The first-order valence-corrected chi connectivity index (χ1v) is 5.59. The van der Waals surface area contributed by atoms with Crippen LogP contribution in [0.15, 0.2) is 29.3 Å². The summed E-state index contributed by atoms with van der Waals surface area (Å²) in [7, 11) is 0. The average molecular weight is 218 g/mol. The highest BCUT2D eigenvalue weighted by Crippen LogP contribution is 2.17. The van der Waals surface area contributed by atoms with E-state index in [0.717, 1.165) is 31.7 Å². The summed E-state index contributed by atoms with van der Waals surface area (Å²) in [6.07, 6.45) is 5.97. The lowest BCUT2D eigenvalue weighted by Gasteiger charge is -2.03. The zero-order valence-corrected chi connectivity index (χ0v) is 8.98. The summed E-state index contributed by atoms with van der Waals surface area (Å²) < 4.78 is 7.30. The smallest absolute Gasteiger partial charge is 0.183 e. The number of nitrogens with one attached hydrogen (secondary N) is 1. The second-order valence-electron chi connectivity index (χ2n) is 4.37. The van der Waals surface area contributed by atoms with Gasteiger partial charge in [-0.3, -0.25) is 4.79 Å². The van der Waals surface area contributed by atoms with Crippen molar-refractivity contribution in [2.24, 2.45) is 5.92 Å². The molecule has 0 bridgehead atoms. The summed E-state index contributed by atoms with van der Waals surface area (Å²) in [5.74, 6) is 0.611. The standard InChI is InChI=1S/C12H14N2O2/c15-11-1-3-14-7-10(13-12(14)6-11)5-9-2-4-16-8-9/h1,3,6-7,9,13H,2,4-5,8H2. The molecule has 0 aromatic carbocycles. The Labute approximate surface area is 92.9 Å². The summed E-state index contributed by atoms with van der Waals surface area (Å²) in [6.45, 7) is 1.73. The Hall–Kier alpha value is -1.55. The molecule has 0 aliphatic carbocycles. The number of aromatic amines is 1. The third kappa shape index (κ3) is 1.76. The van der Waals surface area contributed by atoms with Crippen LogP contribution in [0.3, 0.4) is 0 Å². The van der Waals surface area contributed by atoms with Gasteiger partial charge in [0.1, 0.15) is 5.65 Å². The lowest BCUT2D eigenvalue weighted by Crippen LogP contribution is -2.03. The highest BCUT2D eigenvalue weighted by Gasteiger charge is 2.16. The van der Waals surface area contributed by atoms with E-state index in [1.165, 1.54) is 5.69 Å². The zero-order chi connectivity index (χ0) is 11.0.